The van der Waals surface area contributed by atoms with Crippen LogP contribution in [0.4, 0.5) is 34.1 Å². The van der Waals surface area contributed by atoms with Crippen molar-refractivity contribution in [2.24, 2.45) is 0 Å². The Morgan fingerprint density at radius 3 is 1.12 bits per heavy atom. The summed E-state index contributed by atoms with van der Waals surface area (Å²) < 4.78 is 2.56. The van der Waals surface area contributed by atoms with Gasteiger partial charge in [0, 0.05) is 53.7 Å². The van der Waals surface area contributed by atoms with Gasteiger partial charge < -0.3 is 9.80 Å². The minimum Gasteiger partial charge on any atom is -0.310 e. The quantitative estimate of drug-likeness (QED) is 0.177. The second-order valence-electron chi connectivity index (χ2n) is 12.8. The predicted molar refractivity (Wildman–Crippen MR) is 213 cm³/mol. The van der Waals surface area contributed by atoms with Crippen LogP contribution >= 0.6 is 11.3 Å². The van der Waals surface area contributed by atoms with Crippen LogP contribution in [0, 0.1) is 13.8 Å². The Morgan fingerprint density at radius 2 is 0.714 bits per heavy atom. The van der Waals surface area contributed by atoms with Crippen LogP contribution in [0.3, 0.4) is 0 Å². The summed E-state index contributed by atoms with van der Waals surface area (Å²) >= 11 is 1.89. The van der Waals surface area contributed by atoms with E-state index < -0.39 is 0 Å². The Labute approximate surface area is 290 Å². The molecule has 0 unspecified atom stereocenters. The number of hydrogen-bond donors (Lipinski definition) is 0. The van der Waals surface area contributed by atoms with Gasteiger partial charge in [-0.15, -0.1) is 11.3 Å². The molecule has 0 amide bonds. The van der Waals surface area contributed by atoms with E-state index in [1.807, 2.05) is 11.3 Å². The third-order valence-electron chi connectivity index (χ3n) is 9.47. The summed E-state index contributed by atoms with van der Waals surface area (Å²) in [7, 11) is 0. The lowest BCUT2D eigenvalue weighted by Crippen LogP contribution is -2.10. The Hall–Kier alpha value is -5.90. The van der Waals surface area contributed by atoms with E-state index in [1.165, 1.54) is 64.2 Å². The molecule has 3 heteroatoms. The molecular formula is C46H34N2S. The van der Waals surface area contributed by atoms with Crippen molar-refractivity contribution in [1.29, 1.82) is 0 Å². The van der Waals surface area contributed by atoms with Gasteiger partial charge in [0.15, 0.2) is 0 Å². The van der Waals surface area contributed by atoms with Crippen molar-refractivity contribution in [3.63, 3.8) is 0 Å². The van der Waals surface area contributed by atoms with Crippen molar-refractivity contribution in [1.82, 2.24) is 0 Å². The van der Waals surface area contributed by atoms with Gasteiger partial charge in [-0.1, -0.05) is 109 Å². The van der Waals surface area contributed by atoms with Gasteiger partial charge in [-0.05, 0) is 96.4 Å². The molecule has 0 saturated carbocycles. The van der Waals surface area contributed by atoms with Crippen LogP contribution in [-0.4, -0.2) is 0 Å². The predicted octanol–water partition coefficient (Wildman–Crippen LogP) is 13.9. The molecule has 234 valence electrons. The van der Waals surface area contributed by atoms with E-state index in [0.29, 0.717) is 0 Å². The number of rotatable bonds is 6. The fraction of sp³-hybridized carbons (Fsp3) is 0.0435. The molecule has 49 heavy (non-hydrogen) atoms. The highest BCUT2D eigenvalue weighted by atomic mass is 32.1. The van der Waals surface area contributed by atoms with Crippen LogP contribution in [-0.2, 0) is 0 Å². The van der Waals surface area contributed by atoms with Crippen molar-refractivity contribution in [2.75, 3.05) is 9.80 Å². The van der Waals surface area contributed by atoms with Crippen LogP contribution in [0.15, 0.2) is 170 Å². The van der Waals surface area contributed by atoms with E-state index in [2.05, 4.69) is 194 Å². The number of fused-ring (bicyclic) bond motifs is 7. The SMILES string of the molecule is Cc1cccc(N(c2ccccc2)c2cc3sc4cc(N(c5ccccc5)c5cccc(C)c5)c5ccccc5c4c3c3ccccc23)c1. The molecule has 0 aliphatic carbocycles. The standard InChI is InChI=1S/C46H34N2S/c1-31-15-13-21-35(27-31)47(33-17-5-3-6-18-33)41-29-43-45(39-25-11-9-23-37(39)41)46-40-26-12-10-24-38(40)42(30-44(46)49-43)48(34-19-7-4-8-20-34)36-22-14-16-32(2)28-36/h3-30H,1-2H3. The Bertz CT molecular complexity index is 2460. The molecule has 0 aliphatic heterocycles. The van der Waals surface area contributed by atoms with Crippen LogP contribution in [0.25, 0.3) is 41.7 Å². The third kappa shape index (κ3) is 5.02. The van der Waals surface area contributed by atoms with Gasteiger partial charge in [0.2, 0.25) is 0 Å². The fourth-order valence-electron chi connectivity index (χ4n) is 7.37. The molecule has 0 atom stereocenters. The second-order valence-corrected chi connectivity index (χ2v) is 13.8. The maximum Gasteiger partial charge on any atom is 0.0554 e. The maximum absolute atomic E-state index is 2.42. The van der Waals surface area contributed by atoms with Gasteiger partial charge in [0.25, 0.3) is 0 Å². The van der Waals surface area contributed by atoms with E-state index in [9.17, 15) is 0 Å². The summed E-state index contributed by atoms with van der Waals surface area (Å²) in [5.41, 5.74) is 9.43. The normalized spacial score (nSPS) is 11.5. The Balaban J connectivity index is 1.37. The van der Waals surface area contributed by atoms with E-state index in [1.54, 1.807) is 0 Å². The van der Waals surface area contributed by atoms with Gasteiger partial charge in [0.05, 0.1) is 11.4 Å². The van der Waals surface area contributed by atoms with E-state index in [0.717, 1.165) is 22.7 Å². The van der Waals surface area contributed by atoms with Crippen LogP contribution in [0.5, 0.6) is 0 Å². The first-order valence-electron chi connectivity index (χ1n) is 16.8. The summed E-state index contributed by atoms with van der Waals surface area (Å²) in [6, 6.07) is 61.8. The van der Waals surface area contributed by atoms with Gasteiger partial charge in [-0.25, -0.2) is 0 Å². The molecule has 0 saturated heterocycles. The van der Waals surface area contributed by atoms with Gasteiger partial charge >= 0.3 is 0 Å². The molecule has 8 aromatic carbocycles. The van der Waals surface area contributed by atoms with E-state index in [4.69, 9.17) is 0 Å². The van der Waals surface area contributed by atoms with Gasteiger partial charge in [0.1, 0.15) is 0 Å². The molecule has 0 spiro atoms. The summed E-state index contributed by atoms with van der Waals surface area (Å²) in [6.45, 7) is 4.33. The number of aryl methyl sites for hydroxylation is 2. The van der Waals surface area contributed by atoms with E-state index in [-0.39, 0.29) is 0 Å². The van der Waals surface area contributed by atoms with Crippen LogP contribution < -0.4 is 9.80 Å². The van der Waals surface area contributed by atoms with Crippen LogP contribution in [0.1, 0.15) is 11.1 Å². The zero-order valence-electron chi connectivity index (χ0n) is 27.5. The van der Waals surface area contributed by atoms with Gasteiger partial charge in [-0.2, -0.15) is 0 Å². The summed E-state index contributed by atoms with van der Waals surface area (Å²) in [5, 5.41) is 7.65. The topological polar surface area (TPSA) is 6.48 Å². The molecular weight excluding hydrogens is 613 g/mol. The molecule has 0 radical (unpaired) electrons. The molecule has 0 bridgehead atoms. The first-order chi connectivity index (χ1) is 24.1. The Morgan fingerprint density at radius 1 is 0.347 bits per heavy atom. The van der Waals surface area contributed by atoms with Crippen molar-refractivity contribution in [3.05, 3.63) is 181 Å². The first-order valence-corrected chi connectivity index (χ1v) is 17.6. The number of thiophene rings is 1. The average Bonchev–Trinajstić information content (AvgIpc) is 3.52. The zero-order valence-corrected chi connectivity index (χ0v) is 28.3. The lowest BCUT2D eigenvalue weighted by atomic mass is 9.96. The highest BCUT2D eigenvalue weighted by Gasteiger charge is 2.23. The molecule has 2 nitrogen and oxygen atoms in total. The van der Waals surface area contributed by atoms with Crippen molar-refractivity contribution in [2.45, 2.75) is 13.8 Å². The monoisotopic (exact) mass is 646 g/mol. The smallest absolute Gasteiger partial charge is 0.0554 e. The molecule has 0 N–H and O–H groups in total. The summed E-state index contributed by atoms with van der Waals surface area (Å²) in [5.74, 6) is 0. The summed E-state index contributed by atoms with van der Waals surface area (Å²) in [4.78, 5) is 4.83. The van der Waals surface area contributed by atoms with Gasteiger partial charge in [-0.3, -0.25) is 0 Å². The largest absolute Gasteiger partial charge is 0.310 e. The minimum atomic E-state index is 1.14. The number of hydrogen-bond acceptors (Lipinski definition) is 3. The van der Waals surface area contributed by atoms with E-state index >= 15 is 0 Å². The first kappa shape index (κ1) is 29.3. The molecule has 1 heterocycles. The highest BCUT2D eigenvalue weighted by Crippen LogP contribution is 2.50. The van der Waals surface area contributed by atoms with Crippen molar-refractivity contribution < 1.29 is 0 Å². The van der Waals surface area contributed by atoms with Crippen LogP contribution in [0.2, 0.25) is 0 Å². The number of nitrogens with zero attached hydrogens (tertiary/aromatic N) is 2. The van der Waals surface area contributed by atoms with Crippen molar-refractivity contribution >= 4 is 87.2 Å². The Kier molecular flexibility index (Phi) is 7.14. The third-order valence-corrected chi connectivity index (χ3v) is 10.6. The lowest BCUT2D eigenvalue weighted by molar-refractivity contribution is 1.29. The number of anilines is 6. The summed E-state index contributed by atoms with van der Waals surface area (Å²) in [6.07, 6.45) is 0. The lowest BCUT2D eigenvalue weighted by Gasteiger charge is -2.28. The average molecular weight is 647 g/mol. The molecule has 1 aromatic heterocycles. The number of para-hydroxylation sites is 2. The zero-order chi connectivity index (χ0) is 32.9. The number of benzene rings is 8. The molecule has 0 fully saturated rings. The molecule has 9 rings (SSSR count). The second kappa shape index (κ2) is 12.0. The molecule has 9 aromatic rings. The van der Waals surface area contributed by atoms with Crippen molar-refractivity contribution in [3.8, 4) is 0 Å². The highest BCUT2D eigenvalue weighted by molar-refractivity contribution is 7.26. The fourth-order valence-corrected chi connectivity index (χ4v) is 8.58. The minimum absolute atomic E-state index is 1.14. The molecule has 0 aliphatic rings. The maximum atomic E-state index is 2.42.